The molecule has 31 heavy (non-hydrogen) atoms. The number of para-hydroxylation sites is 2. The number of rotatable bonds is 8. The van der Waals surface area contributed by atoms with Gasteiger partial charge in [0.25, 0.3) is 5.56 Å². The summed E-state index contributed by atoms with van der Waals surface area (Å²) < 4.78 is 8.75. The Morgan fingerprint density at radius 1 is 1.00 bits per heavy atom. The van der Waals surface area contributed by atoms with E-state index in [1.54, 1.807) is 4.57 Å². The molecule has 1 heterocycles. The van der Waals surface area contributed by atoms with E-state index in [9.17, 15) is 4.79 Å². The molecule has 0 unspecified atom stereocenters. The van der Waals surface area contributed by atoms with E-state index in [2.05, 4.69) is 22.5 Å². The zero-order valence-corrected chi connectivity index (χ0v) is 18.7. The topological polar surface area (TPSA) is 44.1 Å². The van der Waals surface area contributed by atoms with Crippen molar-refractivity contribution in [2.45, 2.75) is 19.4 Å². The Morgan fingerprint density at radius 3 is 2.55 bits per heavy atom. The van der Waals surface area contributed by atoms with E-state index in [0.717, 1.165) is 27.8 Å². The average molecular weight is 475 g/mol. The molecule has 156 valence electrons. The molecule has 3 aromatic carbocycles. The van der Waals surface area contributed by atoms with Crippen molar-refractivity contribution < 1.29 is 4.74 Å². The van der Waals surface area contributed by atoms with E-state index >= 15 is 0 Å². The lowest BCUT2D eigenvalue weighted by Gasteiger charge is -2.15. The molecule has 0 amide bonds. The number of ether oxygens (including phenoxy) is 1. The first-order valence-electron chi connectivity index (χ1n) is 10.2. The van der Waals surface area contributed by atoms with Crippen LogP contribution in [-0.2, 0) is 13.0 Å². The summed E-state index contributed by atoms with van der Waals surface area (Å²) in [6.45, 7) is 4.83. The van der Waals surface area contributed by atoms with Gasteiger partial charge in [-0.05, 0) is 48.7 Å². The quantitative estimate of drug-likeness (QED) is 0.231. The van der Waals surface area contributed by atoms with Crippen LogP contribution in [0.25, 0.3) is 22.3 Å². The van der Waals surface area contributed by atoms with E-state index in [1.807, 2.05) is 78.9 Å². The predicted molar refractivity (Wildman–Crippen MR) is 130 cm³/mol. The van der Waals surface area contributed by atoms with Gasteiger partial charge >= 0.3 is 0 Å². The highest BCUT2D eigenvalue weighted by atomic mass is 79.9. The van der Waals surface area contributed by atoms with Crippen molar-refractivity contribution in [1.82, 2.24) is 9.55 Å². The van der Waals surface area contributed by atoms with Gasteiger partial charge in [0.2, 0.25) is 0 Å². The van der Waals surface area contributed by atoms with Crippen molar-refractivity contribution in [3.05, 3.63) is 106 Å². The fourth-order valence-electron chi connectivity index (χ4n) is 3.57. The normalized spacial score (nSPS) is 10.9. The summed E-state index contributed by atoms with van der Waals surface area (Å²) >= 11 is 3.47. The Bertz CT molecular complexity index is 1260. The number of allylic oxidation sites excluding steroid dienone is 1. The maximum Gasteiger partial charge on any atom is 0.261 e. The molecule has 0 saturated carbocycles. The number of benzene rings is 3. The monoisotopic (exact) mass is 474 g/mol. The minimum Gasteiger partial charge on any atom is -0.493 e. The standard InChI is InChI=1S/C26H23BrN2O2/c1-2-8-19-9-3-6-12-24(19)31-18-7-17-29-25(20-13-15-21(27)16-14-20)28-23-11-5-4-10-22(23)26(29)30/h2-6,9-16H,1,7-8,17-18H2. The summed E-state index contributed by atoms with van der Waals surface area (Å²) in [5.74, 6) is 1.53. The molecular weight excluding hydrogens is 452 g/mol. The summed E-state index contributed by atoms with van der Waals surface area (Å²) in [5.41, 5.74) is 2.69. The molecule has 0 aliphatic carbocycles. The molecule has 4 nitrogen and oxygen atoms in total. The average Bonchev–Trinajstić information content (AvgIpc) is 2.79. The molecule has 0 radical (unpaired) electrons. The lowest BCUT2D eigenvalue weighted by molar-refractivity contribution is 0.299. The van der Waals surface area contributed by atoms with Crippen molar-refractivity contribution in [2.75, 3.05) is 6.61 Å². The maximum atomic E-state index is 13.3. The third kappa shape index (κ3) is 4.78. The molecule has 4 aromatic rings. The van der Waals surface area contributed by atoms with Gasteiger partial charge in [-0.3, -0.25) is 9.36 Å². The summed E-state index contributed by atoms with van der Waals surface area (Å²) in [4.78, 5) is 18.1. The Balaban J connectivity index is 1.60. The largest absolute Gasteiger partial charge is 0.493 e. The van der Waals surface area contributed by atoms with Crippen LogP contribution in [0.3, 0.4) is 0 Å². The van der Waals surface area contributed by atoms with E-state index in [1.165, 1.54) is 0 Å². The first-order chi connectivity index (χ1) is 15.2. The molecule has 1 aromatic heterocycles. The van der Waals surface area contributed by atoms with E-state index < -0.39 is 0 Å². The van der Waals surface area contributed by atoms with Crippen LogP contribution >= 0.6 is 15.9 Å². The molecule has 0 atom stereocenters. The van der Waals surface area contributed by atoms with Gasteiger partial charge in [-0.25, -0.2) is 4.98 Å². The van der Waals surface area contributed by atoms with Gasteiger partial charge in [0.1, 0.15) is 11.6 Å². The summed E-state index contributed by atoms with van der Waals surface area (Å²) in [7, 11) is 0. The van der Waals surface area contributed by atoms with Gasteiger partial charge < -0.3 is 4.74 Å². The molecule has 0 aliphatic rings. The van der Waals surface area contributed by atoms with Crippen LogP contribution in [0.1, 0.15) is 12.0 Å². The Morgan fingerprint density at radius 2 is 1.74 bits per heavy atom. The van der Waals surface area contributed by atoms with Gasteiger partial charge in [-0.15, -0.1) is 6.58 Å². The maximum absolute atomic E-state index is 13.3. The highest BCUT2D eigenvalue weighted by molar-refractivity contribution is 9.10. The van der Waals surface area contributed by atoms with Crippen LogP contribution in [0.5, 0.6) is 5.75 Å². The number of hydrogen-bond acceptors (Lipinski definition) is 3. The molecule has 0 saturated heterocycles. The van der Waals surface area contributed by atoms with Crippen LogP contribution in [0.15, 0.2) is 94.7 Å². The van der Waals surface area contributed by atoms with Gasteiger partial charge in [-0.1, -0.05) is 64.5 Å². The van der Waals surface area contributed by atoms with Gasteiger partial charge in [0.05, 0.1) is 17.5 Å². The summed E-state index contributed by atoms with van der Waals surface area (Å²) in [5, 5.41) is 0.626. The van der Waals surface area contributed by atoms with Crippen LogP contribution in [0.4, 0.5) is 0 Å². The first-order valence-corrected chi connectivity index (χ1v) is 11.0. The van der Waals surface area contributed by atoms with Crippen LogP contribution in [0.2, 0.25) is 0 Å². The lowest BCUT2D eigenvalue weighted by atomic mass is 10.1. The minimum atomic E-state index is -0.0319. The van der Waals surface area contributed by atoms with Crippen molar-refractivity contribution >= 4 is 26.8 Å². The summed E-state index contributed by atoms with van der Waals surface area (Å²) in [6, 6.07) is 23.3. The Kier molecular flexibility index (Phi) is 6.63. The number of nitrogens with zero attached hydrogens (tertiary/aromatic N) is 2. The van der Waals surface area contributed by atoms with E-state index in [-0.39, 0.29) is 5.56 Å². The Hall–Kier alpha value is -3.18. The molecular formula is C26H23BrN2O2. The second-order valence-electron chi connectivity index (χ2n) is 7.22. The third-order valence-electron chi connectivity index (χ3n) is 5.08. The molecule has 5 heteroatoms. The van der Waals surface area contributed by atoms with Crippen molar-refractivity contribution in [1.29, 1.82) is 0 Å². The van der Waals surface area contributed by atoms with Crippen LogP contribution < -0.4 is 10.3 Å². The van der Waals surface area contributed by atoms with Gasteiger partial charge in [-0.2, -0.15) is 0 Å². The van der Waals surface area contributed by atoms with Gasteiger partial charge in [0.15, 0.2) is 0 Å². The van der Waals surface area contributed by atoms with Gasteiger partial charge in [0, 0.05) is 16.6 Å². The van der Waals surface area contributed by atoms with Crippen molar-refractivity contribution in [3.8, 4) is 17.1 Å². The molecule has 0 fully saturated rings. The molecule has 0 bridgehead atoms. The highest BCUT2D eigenvalue weighted by Crippen LogP contribution is 2.22. The fourth-order valence-corrected chi connectivity index (χ4v) is 3.83. The highest BCUT2D eigenvalue weighted by Gasteiger charge is 2.13. The summed E-state index contributed by atoms with van der Waals surface area (Å²) in [6.07, 6.45) is 3.32. The van der Waals surface area contributed by atoms with Crippen molar-refractivity contribution in [3.63, 3.8) is 0 Å². The number of fused-ring (bicyclic) bond motifs is 1. The number of aromatic nitrogens is 2. The number of hydrogen-bond donors (Lipinski definition) is 0. The van der Waals surface area contributed by atoms with Crippen LogP contribution in [0, 0.1) is 0 Å². The zero-order chi connectivity index (χ0) is 21.6. The smallest absolute Gasteiger partial charge is 0.261 e. The zero-order valence-electron chi connectivity index (χ0n) is 17.1. The second-order valence-corrected chi connectivity index (χ2v) is 8.13. The molecule has 4 rings (SSSR count). The predicted octanol–water partition coefficient (Wildman–Crippen LogP) is 6.02. The fraction of sp³-hybridized carbons (Fsp3) is 0.154. The Labute approximate surface area is 190 Å². The third-order valence-corrected chi connectivity index (χ3v) is 5.61. The second kappa shape index (κ2) is 9.75. The van der Waals surface area contributed by atoms with E-state index in [0.29, 0.717) is 36.3 Å². The van der Waals surface area contributed by atoms with Crippen molar-refractivity contribution in [2.24, 2.45) is 0 Å². The molecule has 0 aliphatic heterocycles. The first kappa shape index (κ1) is 21.1. The van der Waals surface area contributed by atoms with Crippen LogP contribution in [-0.4, -0.2) is 16.2 Å². The SMILES string of the molecule is C=CCc1ccccc1OCCCn1c(-c2ccc(Br)cc2)nc2ccccc2c1=O. The van der Waals surface area contributed by atoms with E-state index in [4.69, 9.17) is 9.72 Å². The minimum absolute atomic E-state index is 0.0319. The molecule has 0 N–H and O–H groups in total. The number of halogens is 1. The lowest BCUT2D eigenvalue weighted by Crippen LogP contribution is -2.24. The molecule has 0 spiro atoms.